The van der Waals surface area contributed by atoms with Crippen LogP contribution >= 0.6 is 11.3 Å². The zero-order chi connectivity index (χ0) is 10.8. The van der Waals surface area contributed by atoms with Crippen LogP contribution in [-0.4, -0.2) is 22.4 Å². The molecule has 0 saturated carbocycles. The van der Waals surface area contributed by atoms with Crippen LogP contribution in [0.5, 0.6) is 5.75 Å². The van der Waals surface area contributed by atoms with E-state index < -0.39 is 7.32 Å². The SMILES string of the molecule is N#Cc1nc2ccc(OB(O)O)cc2s1. The molecule has 0 unspecified atom stereocenters. The maximum Gasteiger partial charge on any atom is 0.707 e. The molecular weight excluding hydrogens is 215 g/mol. The second-order valence-electron chi connectivity index (χ2n) is 2.70. The second-order valence-corrected chi connectivity index (χ2v) is 3.74. The van der Waals surface area contributed by atoms with Crippen LogP contribution in [0.25, 0.3) is 10.2 Å². The first-order valence-electron chi connectivity index (χ1n) is 4.02. The average molecular weight is 220 g/mol. The number of benzene rings is 1. The van der Waals surface area contributed by atoms with Gasteiger partial charge < -0.3 is 14.7 Å². The molecule has 0 spiro atoms. The van der Waals surface area contributed by atoms with Crippen molar-refractivity contribution in [2.45, 2.75) is 0 Å². The number of nitrogens with zero attached hydrogens (tertiary/aromatic N) is 2. The van der Waals surface area contributed by atoms with E-state index >= 15 is 0 Å². The Labute approximate surface area is 89.4 Å². The van der Waals surface area contributed by atoms with E-state index in [0.717, 1.165) is 4.70 Å². The van der Waals surface area contributed by atoms with E-state index in [4.69, 9.17) is 15.3 Å². The zero-order valence-corrected chi connectivity index (χ0v) is 8.23. The Morgan fingerprint density at radius 1 is 1.47 bits per heavy atom. The first-order chi connectivity index (χ1) is 7.19. The summed E-state index contributed by atoms with van der Waals surface area (Å²) in [4.78, 5) is 4.03. The van der Waals surface area contributed by atoms with Gasteiger partial charge in [0, 0.05) is 0 Å². The first-order valence-corrected chi connectivity index (χ1v) is 4.84. The van der Waals surface area contributed by atoms with Gasteiger partial charge in [0.25, 0.3) is 0 Å². The predicted molar refractivity (Wildman–Crippen MR) is 55.2 cm³/mol. The van der Waals surface area contributed by atoms with Crippen LogP contribution in [0.2, 0.25) is 0 Å². The Morgan fingerprint density at radius 2 is 2.27 bits per heavy atom. The van der Waals surface area contributed by atoms with Crippen molar-refractivity contribution in [3.63, 3.8) is 0 Å². The molecule has 15 heavy (non-hydrogen) atoms. The van der Waals surface area contributed by atoms with Gasteiger partial charge in [-0.05, 0) is 18.2 Å². The van der Waals surface area contributed by atoms with Gasteiger partial charge in [-0.3, -0.25) is 0 Å². The summed E-state index contributed by atoms with van der Waals surface area (Å²) in [7, 11) is -1.84. The van der Waals surface area contributed by atoms with Crippen molar-refractivity contribution in [1.82, 2.24) is 4.98 Å². The second kappa shape index (κ2) is 3.86. The molecule has 5 nitrogen and oxygen atoms in total. The van der Waals surface area contributed by atoms with Gasteiger partial charge in [0.15, 0.2) is 5.01 Å². The summed E-state index contributed by atoms with van der Waals surface area (Å²) in [6, 6.07) is 6.76. The van der Waals surface area contributed by atoms with Crippen molar-refractivity contribution in [2.24, 2.45) is 0 Å². The molecule has 1 heterocycles. The van der Waals surface area contributed by atoms with Crippen molar-refractivity contribution in [2.75, 3.05) is 0 Å². The molecule has 2 aromatic rings. The van der Waals surface area contributed by atoms with Gasteiger partial charge in [0.2, 0.25) is 0 Å². The smallest absolute Gasteiger partial charge is 0.512 e. The fourth-order valence-electron chi connectivity index (χ4n) is 1.15. The molecule has 0 atom stereocenters. The van der Waals surface area contributed by atoms with Crippen molar-refractivity contribution in [3.05, 3.63) is 23.2 Å². The Kier molecular flexibility index (Phi) is 2.56. The van der Waals surface area contributed by atoms with Gasteiger partial charge in [0.05, 0.1) is 10.2 Å². The van der Waals surface area contributed by atoms with E-state index in [9.17, 15) is 0 Å². The molecule has 74 valence electrons. The summed E-state index contributed by atoms with van der Waals surface area (Å²) in [5.74, 6) is 0.325. The number of fused-ring (bicyclic) bond motifs is 1. The Balaban J connectivity index is 2.42. The third kappa shape index (κ3) is 2.07. The van der Waals surface area contributed by atoms with Crippen LogP contribution in [0.1, 0.15) is 5.01 Å². The van der Waals surface area contributed by atoms with Gasteiger partial charge >= 0.3 is 7.32 Å². The van der Waals surface area contributed by atoms with Crippen LogP contribution in [0, 0.1) is 11.3 Å². The Morgan fingerprint density at radius 3 is 2.93 bits per heavy atom. The molecule has 2 rings (SSSR count). The summed E-state index contributed by atoms with van der Waals surface area (Å²) in [6.45, 7) is 0. The maximum atomic E-state index is 8.64. The third-order valence-electron chi connectivity index (χ3n) is 1.70. The van der Waals surface area contributed by atoms with E-state index in [1.165, 1.54) is 11.3 Å². The quantitative estimate of drug-likeness (QED) is 0.720. The largest absolute Gasteiger partial charge is 0.707 e. The van der Waals surface area contributed by atoms with Crippen molar-refractivity contribution in [1.29, 1.82) is 5.26 Å². The van der Waals surface area contributed by atoms with Crippen molar-refractivity contribution < 1.29 is 14.7 Å². The van der Waals surface area contributed by atoms with Crippen LogP contribution < -0.4 is 4.65 Å². The molecule has 0 aliphatic heterocycles. The van der Waals surface area contributed by atoms with E-state index in [2.05, 4.69) is 9.64 Å². The van der Waals surface area contributed by atoms with Crippen LogP contribution in [0.4, 0.5) is 0 Å². The normalized spacial score (nSPS) is 9.93. The van der Waals surface area contributed by atoms with Gasteiger partial charge in [-0.2, -0.15) is 5.26 Å². The van der Waals surface area contributed by atoms with E-state index in [-0.39, 0.29) is 0 Å². The highest BCUT2D eigenvalue weighted by Gasteiger charge is 2.12. The Hall–Kier alpha value is -1.62. The minimum absolute atomic E-state index is 0.325. The summed E-state index contributed by atoms with van der Waals surface area (Å²) in [5.41, 5.74) is 0.691. The Bertz CT molecular complexity index is 534. The molecule has 7 heteroatoms. The van der Waals surface area contributed by atoms with Gasteiger partial charge in [-0.15, -0.1) is 11.3 Å². The van der Waals surface area contributed by atoms with Gasteiger partial charge in [-0.25, -0.2) is 4.98 Å². The van der Waals surface area contributed by atoms with E-state index in [1.54, 1.807) is 18.2 Å². The summed E-state index contributed by atoms with van der Waals surface area (Å²) in [5, 5.41) is 26.2. The van der Waals surface area contributed by atoms with Gasteiger partial charge in [-0.1, -0.05) is 0 Å². The summed E-state index contributed by atoms with van der Waals surface area (Å²) < 4.78 is 5.44. The number of hydrogen-bond acceptors (Lipinski definition) is 6. The fraction of sp³-hybridized carbons (Fsp3) is 0. The average Bonchev–Trinajstić information content (AvgIpc) is 2.58. The summed E-state index contributed by atoms with van der Waals surface area (Å²) >= 11 is 1.22. The van der Waals surface area contributed by atoms with E-state index in [1.807, 2.05) is 6.07 Å². The number of rotatable bonds is 2. The fourth-order valence-corrected chi connectivity index (χ4v) is 1.94. The monoisotopic (exact) mass is 220 g/mol. The molecule has 0 aliphatic rings. The molecule has 0 amide bonds. The molecule has 2 N–H and O–H groups in total. The molecule has 0 radical (unpaired) electrons. The minimum atomic E-state index is -1.84. The number of nitriles is 1. The molecule has 0 bridgehead atoms. The molecule has 0 fully saturated rings. The molecule has 0 aliphatic carbocycles. The number of hydrogen-bond donors (Lipinski definition) is 2. The summed E-state index contributed by atoms with van der Waals surface area (Å²) in [6.07, 6.45) is 0. The third-order valence-corrected chi connectivity index (χ3v) is 2.62. The van der Waals surface area contributed by atoms with Crippen LogP contribution in [0.3, 0.4) is 0 Å². The number of thiazole rings is 1. The van der Waals surface area contributed by atoms with E-state index in [0.29, 0.717) is 16.3 Å². The number of aromatic nitrogens is 1. The minimum Gasteiger partial charge on any atom is -0.512 e. The standard InChI is InChI=1S/C8H5BN2O3S/c10-4-8-11-6-2-1-5(14-9(12)13)3-7(6)15-8/h1-3,12-13H. The van der Waals surface area contributed by atoms with Crippen LogP contribution in [0.15, 0.2) is 18.2 Å². The van der Waals surface area contributed by atoms with Gasteiger partial charge in [0.1, 0.15) is 11.8 Å². The molecule has 1 aromatic heterocycles. The molecule has 1 aromatic carbocycles. The highest BCUT2D eigenvalue weighted by atomic mass is 32.1. The topological polar surface area (TPSA) is 86.4 Å². The predicted octanol–water partition coefficient (Wildman–Crippen LogP) is 0.516. The zero-order valence-electron chi connectivity index (χ0n) is 7.41. The van der Waals surface area contributed by atoms with Crippen LogP contribution in [-0.2, 0) is 0 Å². The lowest BCUT2D eigenvalue weighted by molar-refractivity contribution is 0.288. The first kappa shape index (κ1) is 9.92. The highest BCUT2D eigenvalue weighted by molar-refractivity contribution is 7.19. The lowest BCUT2D eigenvalue weighted by Crippen LogP contribution is -2.20. The lowest BCUT2D eigenvalue weighted by Gasteiger charge is -2.02. The van der Waals surface area contributed by atoms with Crippen molar-refractivity contribution in [3.8, 4) is 11.8 Å². The molecular formula is C8H5BN2O3S. The molecule has 0 saturated heterocycles. The lowest BCUT2D eigenvalue weighted by atomic mass is 10.2. The van der Waals surface area contributed by atoms with Crippen molar-refractivity contribution >= 4 is 28.9 Å². The maximum absolute atomic E-state index is 8.64. The highest BCUT2D eigenvalue weighted by Crippen LogP contribution is 2.25.